The van der Waals surface area contributed by atoms with Crippen LogP contribution in [0.3, 0.4) is 0 Å². The van der Waals surface area contributed by atoms with Crippen molar-refractivity contribution < 1.29 is 4.74 Å². The van der Waals surface area contributed by atoms with E-state index < -0.39 is 0 Å². The first-order chi connectivity index (χ1) is 3.43. The Labute approximate surface area is 42.8 Å². The zero-order valence-corrected chi connectivity index (χ0v) is 4.18. The molecule has 3 N–H and O–H groups in total. The summed E-state index contributed by atoms with van der Waals surface area (Å²) in [5.41, 5.74) is 5.15. The Morgan fingerprint density at radius 1 is 1.86 bits per heavy atom. The van der Waals surface area contributed by atoms with Gasteiger partial charge in [-0.15, -0.1) is 0 Å². The normalized spacial score (nSPS) is 27.9. The molecule has 1 aliphatic heterocycles. The van der Waals surface area contributed by atoms with Crippen LogP contribution in [0.25, 0.3) is 0 Å². The lowest BCUT2D eigenvalue weighted by Crippen LogP contribution is -2.10. The molecule has 0 bridgehead atoms. The molecule has 0 aromatic heterocycles. The number of hydrogen-bond donors (Lipinski definition) is 2. The number of rotatable bonds is 3. The van der Waals surface area contributed by atoms with Crippen molar-refractivity contribution in [2.24, 2.45) is 5.73 Å². The largest absolute Gasteiger partial charge is 0.361 e. The summed E-state index contributed by atoms with van der Waals surface area (Å²) in [4.78, 5) is 0. The van der Waals surface area contributed by atoms with Crippen molar-refractivity contribution in [3.63, 3.8) is 0 Å². The molecule has 0 radical (unpaired) electrons. The second kappa shape index (κ2) is 2.26. The lowest BCUT2D eigenvalue weighted by atomic mass is 10.7. The minimum Gasteiger partial charge on any atom is -0.361 e. The minimum absolute atomic E-state index is 0.323. The van der Waals surface area contributed by atoms with Crippen LogP contribution in [0.1, 0.15) is 0 Å². The van der Waals surface area contributed by atoms with Crippen molar-refractivity contribution in [3.8, 4) is 0 Å². The Balaban J connectivity index is 1.80. The highest BCUT2D eigenvalue weighted by Crippen LogP contribution is 1.95. The molecule has 1 saturated heterocycles. The monoisotopic (exact) mass is 102 g/mol. The molecule has 0 aromatic rings. The van der Waals surface area contributed by atoms with Crippen LogP contribution in [0.4, 0.5) is 0 Å². The van der Waals surface area contributed by atoms with Gasteiger partial charge in [-0.05, 0) is 0 Å². The van der Waals surface area contributed by atoms with E-state index in [9.17, 15) is 0 Å². The van der Waals surface area contributed by atoms with E-state index in [1.165, 1.54) is 0 Å². The van der Waals surface area contributed by atoms with Crippen LogP contribution in [0, 0.1) is 0 Å². The van der Waals surface area contributed by atoms with Crippen molar-refractivity contribution in [2.75, 3.05) is 19.7 Å². The molecule has 1 heterocycles. The SMILES string of the molecule is NCCOC1CN1. The van der Waals surface area contributed by atoms with E-state index in [1.807, 2.05) is 0 Å². The van der Waals surface area contributed by atoms with Crippen molar-refractivity contribution in [3.05, 3.63) is 0 Å². The Bertz CT molecular complexity index is 53.7. The summed E-state index contributed by atoms with van der Waals surface area (Å²) < 4.78 is 5.07. The fourth-order valence-corrected chi connectivity index (χ4v) is 0.376. The third-order valence-electron chi connectivity index (χ3n) is 0.808. The van der Waals surface area contributed by atoms with E-state index in [2.05, 4.69) is 5.32 Å². The van der Waals surface area contributed by atoms with Crippen LogP contribution < -0.4 is 11.1 Å². The molecule has 1 atom stereocenters. The molecule has 7 heavy (non-hydrogen) atoms. The summed E-state index contributed by atoms with van der Waals surface area (Å²) in [6, 6.07) is 0. The van der Waals surface area contributed by atoms with Crippen molar-refractivity contribution in [1.82, 2.24) is 5.32 Å². The topological polar surface area (TPSA) is 57.2 Å². The van der Waals surface area contributed by atoms with Gasteiger partial charge in [-0.1, -0.05) is 0 Å². The standard InChI is InChI=1S/C4H10N2O/c5-1-2-7-4-3-6-4/h4,6H,1-3,5H2. The average molecular weight is 102 g/mol. The molecule has 0 aliphatic carbocycles. The van der Waals surface area contributed by atoms with Gasteiger partial charge in [-0.2, -0.15) is 0 Å². The first kappa shape index (κ1) is 5.03. The maximum atomic E-state index is 5.15. The van der Waals surface area contributed by atoms with Crippen LogP contribution >= 0.6 is 0 Å². The van der Waals surface area contributed by atoms with Crippen LogP contribution in [0.15, 0.2) is 0 Å². The minimum atomic E-state index is 0.323. The Morgan fingerprint density at radius 2 is 2.57 bits per heavy atom. The smallest absolute Gasteiger partial charge is 0.120 e. The Morgan fingerprint density at radius 3 is 3.00 bits per heavy atom. The first-order valence-corrected chi connectivity index (χ1v) is 2.48. The van der Waals surface area contributed by atoms with Gasteiger partial charge in [-0.3, -0.25) is 5.32 Å². The zero-order valence-electron chi connectivity index (χ0n) is 4.18. The molecular weight excluding hydrogens is 92.1 g/mol. The molecule has 0 amide bonds. The van der Waals surface area contributed by atoms with Gasteiger partial charge in [0.1, 0.15) is 6.23 Å². The van der Waals surface area contributed by atoms with Crippen molar-refractivity contribution in [2.45, 2.75) is 6.23 Å². The summed E-state index contributed by atoms with van der Waals surface area (Å²) in [5.74, 6) is 0. The maximum Gasteiger partial charge on any atom is 0.120 e. The van der Waals surface area contributed by atoms with Gasteiger partial charge in [0.15, 0.2) is 0 Å². The summed E-state index contributed by atoms with van der Waals surface area (Å²) in [5, 5.41) is 2.99. The quantitative estimate of drug-likeness (QED) is 0.444. The number of nitrogens with one attached hydrogen (secondary N) is 1. The summed E-state index contributed by atoms with van der Waals surface area (Å²) in [6.45, 7) is 2.30. The third kappa shape index (κ3) is 1.87. The summed E-state index contributed by atoms with van der Waals surface area (Å²) in [7, 11) is 0. The Kier molecular flexibility index (Phi) is 1.62. The molecule has 1 aliphatic rings. The molecule has 0 spiro atoms. The van der Waals surface area contributed by atoms with Crippen molar-refractivity contribution in [1.29, 1.82) is 0 Å². The lowest BCUT2D eigenvalue weighted by molar-refractivity contribution is 0.124. The molecule has 3 heteroatoms. The molecular formula is C4H10N2O. The van der Waals surface area contributed by atoms with Gasteiger partial charge >= 0.3 is 0 Å². The molecule has 0 aromatic carbocycles. The van der Waals surface area contributed by atoms with Crippen LogP contribution in [0.5, 0.6) is 0 Å². The maximum absolute atomic E-state index is 5.15. The molecule has 1 rings (SSSR count). The van der Waals surface area contributed by atoms with E-state index in [1.54, 1.807) is 0 Å². The number of nitrogens with two attached hydrogens (primary N) is 1. The summed E-state index contributed by atoms with van der Waals surface area (Å²) >= 11 is 0. The predicted octanol–water partition coefficient (Wildman–Crippen LogP) is -1.11. The second-order valence-electron chi connectivity index (χ2n) is 1.56. The fourth-order valence-electron chi connectivity index (χ4n) is 0.376. The van der Waals surface area contributed by atoms with E-state index in [0.717, 1.165) is 6.54 Å². The molecule has 1 unspecified atom stereocenters. The highest BCUT2D eigenvalue weighted by molar-refractivity contribution is 4.71. The zero-order chi connectivity index (χ0) is 5.11. The highest BCUT2D eigenvalue weighted by Gasteiger charge is 2.19. The van der Waals surface area contributed by atoms with Crippen LogP contribution in [-0.2, 0) is 4.74 Å². The van der Waals surface area contributed by atoms with Gasteiger partial charge in [0.05, 0.1) is 6.61 Å². The Hall–Kier alpha value is -0.120. The van der Waals surface area contributed by atoms with Gasteiger partial charge in [0.25, 0.3) is 0 Å². The predicted molar refractivity (Wildman–Crippen MR) is 26.8 cm³/mol. The molecule has 42 valence electrons. The van der Waals surface area contributed by atoms with E-state index in [-0.39, 0.29) is 0 Å². The molecule has 1 fully saturated rings. The van der Waals surface area contributed by atoms with Gasteiger partial charge < -0.3 is 10.5 Å². The van der Waals surface area contributed by atoms with E-state index >= 15 is 0 Å². The van der Waals surface area contributed by atoms with Gasteiger partial charge in [-0.25, -0.2) is 0 Å². The van der Waals surface area contributed by atoms with Gasteiger partial charge in [0.2, 0.25) is 0 Å². The number of ether oxygens (including phenoxy) is 1. The van der Waals surface area contributed by atoms with Gasteiger partial charge in [0, 0.05) is 13.1 Å². The second-order valence-corrected chi connectivity index (χ2v) is 1.56. The van der Waals surface area contributed by atoms with Crippen molar-refractivity contribution >= 4 is 0 Å². The fraction of sp³-hybridized carbons (Fsp3) is 1.00. The van der Waals surface area contributed by atoms with E-state index in [0.29, 0.717) is 19.4 Å². The van der Waals surface area contributed by atoms with Crippen LogP contribution in [-0.4, -0.2) is 25.9 Å². The molecule has 0 saturated carbocycles. The van der Waals surface area contributed by atoms with E-state index in [4.69, 9.17) is 10.5 Å². The molecule has 3 nitrogen and oxygen atoms in total. The first-order valence-electron chi connectivity index (χ1n) is 2.48. The third-order valence-corrected chi connectivity index (χ3v) is 0.808. The van der Waals surface area contributed by atoms with Crippen LogP contribution in [0.2, 0.25) is 0 Å². The number of hydrogen-bond acceptors (Lipinski definition) is 3. The average Bonchev–Trinajstić information content (AvgIpc) is 2.42. The highest BCUT2D eigenvalue weighted by atomic mass is 16.5. The summed E-state index contributed by atoms with van der Waals surface area (Å²) in [6.07, 6.45) is 0.323. The lowest BCUT2D eigenvalue weighted by Gasteiger charge is -1.93.